The first-order valence-electron chi connectivity index (χ1n) is 10.0. The standard InChI is InChI=1S/C19H29N5O2S/c1-13(2)17-22-18(26-23-17)16(14-5-10-25-11-6-14)21-15-3-8-24(9-4-15)19-20-7-12-27-19/h7,12-16,21H,3-6,8-11H2,1-2H3/t16-/m0/s1. The average Bonchev–Trinajstić information content (AvgIpc) is 3.39. The van der Waals surface area contributed by atoms with Crippen molar-refractivity contribution in [3.05, 3.63) is 23.3 Å². The molecule has 2 fully saturated rings. The third-order valence-corrected chi connectivity index (χ3v) is 6.41. The predicted octanol–water partition coefficient (Wildman–Crippen LogP) is 3.38. The smallest absolute Gasteiger partial charge is 0.244 e. The predicted molar refractivity (Wildman–Crippen MR) is 105 cm³/mol. The van der Waals surface area contributed by atoms with Crippen LogP contribution in [0.5, 0.6) is 0 Å². The van der Waals surface area contributed by atoms with Crippen LogP contribution in [0, 0.1) is 5.92 Å². The monoisotopic (exact) mass is 391 g/mol. The molecule has 0 aromatic carbocycles. The molecular weight excluding hydrogens is 362 g/mol. The summed E-state index contributed by atoms with van der Waals surface area (Å²) in [7, 11) is 0. The van der Waals surface area contributed by atoms with Gasteiger partial charge in [-0.3, -0.25) is 0 Å². The Labute approximate surface area is 164 Å². The Bertz CT molecular complexity index is 691. The van der Waals surface area contributed by atoms with Crippen LogP contribution in [-0.4, -0.2) is 47.5 Å². The molecule has 2 aliphatic rings. The molecule has 1 atom stereocenters. The van der Waals surface area contributed by atoms with Crippen molar-refractivity contribution in [2.24, 2.45) is 5.92 Å². The van der Waals surface area contributed by atoms with E-state index in [1.165, 1.54) is 0 Å². The van der Waals surface area contributed by atoms with E-state index in [9.17, 15) is 0 Å². The zero-order valence-corrected chi connectivity index (χ0v) is 17.0. The zero-order chi connectivity index (χ0) is 18.6. The van der Waals surface area contributed by atoms with Crippen molar-refractivity contribution in [1.82, 2.24) is 20.4 Å². The van der Waals surface area contributed by atoms with Crippen LogP contribution in [0.2, 0.25) is 0 Å². The third kappa shape index (κ3) is 4.50. The van der Waals surface area contributed by atoms with Crippen molar-refractivity contribution >= 4 is 16.5 Å². The topological polar surface area (TPSA) is 76.3 Å². The van der Waals surface area contributed by atoms with Crippen molar-refractivity contribution in [2.45, 2.75) is 57.5 Å². The van der Waals surface area contributed by atoms with Crippen molar-refractivity contribution in [3.63, 3.8) is 0 Å². The van der Waals surface area contributed by atoms with Crippen LogP contribution in [0.1, 0.15) is 63.2 Å². The Kier molecular flexibility index (Phi) is 6.04. The number of rotatable bonds is 6. The van der Waals surface area contributed by atoms with Crippen LogP contribution in [-0.2, 0) is 4.74 Å². The number of nitrogens with zero attached hydrogens (tertiary/aromatic N) is 4. The zero-order valence-electron chi connectivity index (χ0n) is 16.1. The Hall–Kier alpha value is -1.51. The summed E-state index contributed by atoms with van der Waals surface area (Å²) in [5.74, 6) is 2.30. The summed E-state index contributed by atoms with van der Waals surface area (Å²) in [5.41, 5.74) is 0. The number of ether oxygens (including phenoxy) is 1. The maximum Gasteiger partial charge on any atom is 0.244 e. The highest BCUT2D eigenvalue weighted by atomic mass is 32.1. The van der Waals surface area contributed by atoms with E-state index in [2.05, 4.69) is 34.2 Å². The van der Waals surface area contributed by atoms with Crippen molar-refractivity contribution in [1.29, 1.82) is 0 Å². The highest BCUT2D eigenvalue weighted by Gasteiger charge is 2.33. The second-order valence-electron chi connectivity index (χ2n) is 7.82. The van der Waals surface area contributed by atoms with Crippen LogP contribution in [0.4, 0.5) is 5.13 Å². The molecule has 2 saturated heterocycles. The Morgan fingerprint density at radius 2 is 1.96 bits per heavy atom. The maximum atomic E-state index is 5.68. The minimum Gasteiger partial charge on any atom is -0.381 e. The fraction of sp³-hybridized carbons (Fsp3) is 0.737. The molecule has 4 rings (SSSR count). The lowest BCUT2D eigenvalue weighted by Gasteiger charge is -2.36. The fourth-order valence-corrected chi connectivity index (χ4v) is 4.63. The van der Waals surface area contributed by atoms with Crippen molar-refractivity contribution in [3.8, 4) is 0 Å². The van der Waals surface area contributed by atoms with E-state index in [0.29, 0.717) is 12.0 Å². The highest BCUT2D eigenvalue weighted by Crippen LogP contribution is 2.32. The number of anilines is 1. The van der Waals surface area contributed by atoms with Gasteiger partial charge >= 0.3 is 0 Å². The molecule has 0 bridgehead atoms. The summed E-state index contributed by atoms with van der Waals surface area (Å²) < 4.78 is 11.2. The lowest BCUT2D eigenvalue weighted by atomic mass is 9.90. The molecule has 27 heavy (non-hydrogen) atoms. The highest BCUT2D eigenvalue weighted by molar-refractivity contribution is 7.13. The second kappa shape index (κ2) is 8.67. The molecule has 0 spiro atoms. The van der Waals surface area contributed by atoms with Gasteiger partial charge in [0.25, 0.3) is 0 Å². The molecule has 0 aliphatic carbocycles. The van der Waals surface area contributed by atoms with E-state index in [1.807, 2.05) is 11.6 Å². The van der Waals surface area contributed by atoms with Crippen molar-refractivity contribution in [2.75, 3.05) is 31.2 Å². The summed E-state index contributed by atoms with van der Waals surface area (Å²) in [4.78, 5) is 11.5. The van der Waals surface area contributed by atoms with E-state index in [1.54, 1.807) is 11.3 Å². The van der Waals surface area contributed by atoms with Crippen molar-refractivity contribution < 1.29 is 9.26 Å². The van der Waals surface area contributed by atoms with Gasteiger partial charge < -0.3 is 19.5 Å². The molecule has 148 valence electrons. The summed E-state index contributed by atoms with van der Waals surface area (Å²) in [6.45, 7) is 7.90. The Morgan fingerprint density at radius 1 is 1.19 bits per heavy atom. The van der Waals surface area contributed by atoms with Gasteiger partial charge in [0.15, 0.2) is 11.0 Å². The van der Waals surface area contributed by atoms with Crippen LogP contribution >= 0.6 is 11.3 Å². The van der Waals surface area contributed by atoms with E-state index in [4.69, 9.17) is 14.2 Å². The van der Waals surface area contributed by atoms with Crippen LogP contribution < -0.4 is 10.2 Å². The van der Waals surface area contributed by atoms with Gasteiger partial charge in [-0.1, -0.05) is 19.0 Å². The van der Waals surface area contributed by atoms with Gasteiger partial charge in [-0.25, -0.2) is 4.98 Å². The first kappa shape index (κ1) is 18.8. The number of hydrogen-bond donors (Lipinski definition) is 1. The first-order valence-corrected chi connectivity index (χ1v) is 10.9. The number of nitrogens with one attached hydrogen (secondary N) is 1. The lowest BCUT2D eigenvalue weighted by Crippen LogP contribution is -2.46. The molecule has 0 radical (unpaired) electrons. The van der Waals surface area contributed by atoms with Gasteiger partial charge in [0.2, 0.25) is 5.89 Å². The van der Waals surface area contributed by atoms with E-state index >= 15 is 0 Å². The Morgan fingerprint density at radius 3 is 2.59 bits per heavy atom. The van der Waals surface area contributed by atoms with Crippen LogP contribution in [0.25, 0.3) is 0 Å². The molecular formula is C19H29N5O2S. The van der Waals surface area contributed by atoms with E-state index in [0.717, 1.165) is 68.8 Å². The minimum atomic E-state index is 0.116. The molecule has 0 unspecified atom stereocenters. The SMILES string of the molecule is CC(C)c1noc([C@@H](NC2CCN(c3nccs3)CC2)C2CCOCC2)n1. The normalized spacial score (nSPS) is 21.1. The summed E-state index contributed by atoms with van der Waals surface area (Å²) in [6, 6.07) is 0.578. The molecule has 1 N–H and O–H groups in total. The summed E-state index contributed by atoms with van der Waals surface area (Å²) >= 11 is 1.72. The summed E-state index contributed by atoms with van der Waals surface area (Å²) in [5, 5.41) is 11.2. The van der Waals surface area contributed by atoms with Gasteiger partial charge in [-0.05, 0) is 31.6 Å². The maximum absolute atomic E-state index is 5.68. The minimum absolute atomic E-state index is 0.116. The number of piperidine rings is 1. The summed E-state index contributed by atoms with van der Waals surface area (Å²) in [6.07, 6.45) is 6.16. The molecule has 2 aliphatic heterocycles. The number of thiazole rings is 1. The third-order valence-electron chi connectivity index (χ3n) is 5.58. The molecule has 0 saturated carbocycles. The van der Waals surface area contributed by atoms with E-state index in [-0.39, 0.29) is 12.0 Å². The quantitative estimate of drug-likeness (QED) is 0.809. The molecule has 4 heterocycles. The van der Waals surface area contributed by atoms with Gasteiger partial charge in [0.05, 0.1) is 6.04 Å². The molecule has 2 aromatic rings. The van der Waals surface area contributed by atoms with Crippen LogP contribution in [0.3, 0.4) is 0 Å². The fourth-order valence-electron chi connectivity index (χ4n) is 3.93. The van der Waals surface area contributed by atoms with Gasteiger partial charge in [0, 0.05) is 49.8 Å². The van der Waals surface area contributed by atoms with Gasteiger partial charge in [-0.2, -0.15) is 4.98 Å². The van der Waals surface area contributed by atoms with Crippen LogP contribution in [0.15, 0.2) is 16.1 Å². The molecule has 0 amide bonds. The average molecular weight is 392 g/mol. The lowest BCUT2D eigenvalue weighted by molar-refractivity contribution is 0.0461. The number of aromatic nitrogens is 3. The number of hydrogen-bond acceptors (Lipinski definition) is 8. The molecule has 8 heteroatoms. The van der Waals surface area contributed by atoms with Gasteiger partial charge in [-0.15, -0.1) is 11.3 Å². The second-order valence-corrected chi connectivity index (χ2v) is 8.69. The van der Waals surface area contributed by atoms with E-state index < -0.39 is 0 Å². The van der Waals surface area contributed by atoms with Gasteiger partial charge in [0.1, 0.15) is 0 Å². The largest absolute Gasteiger partial charge is 0.381 e. The molecule has 7 nitrogen and oxygen atoms in total. The first-order chi connectivity index (χ1) is 13.2. The Balaban J connectivity index is 1.43. The molecule has 2 aromatic heterocycles.